The van der Waals surface area contributed by atoms with Crippen LogP contribution in [0.15, 0.2) is 54.6 Å². The van der Waals surface area contributed by atoms with Gasteiger partial charge in [-0.3, -0.25) is 4.90 Å². The van der Waals surface area contributed by atoms with E-state index in [0.29, 0.717) is 0 Å². The maximum Gasteiger partial charge on any atom is 0.123 e. The Morgan fingerprint density at radius 3 is 2.38 bits per heavy atom. The van der Waals surface area contributed by atoms with E-state index in [1.807, 2.05) is 42.5 Å². The summed E-state index contributed by atoms with van der Waals surface area (Å²) in [6, 6.07) is 16.5. The summed E-state index contributed by atoms with van der Waals surface area (Å²) >= 11 is 0. The second-order valence-corrected chi connectivity index (χ2v) is 6.49. The van der Waals surface area contributed by atoms with Crippen LogP contribution in [0.2, 0.25) is 0 Å². The summed E-state index contributed by atoms with van der Waals surface area (Å²) in [7, 11) is 0. The molecule has 0 saturated carbocycles. The predicted molar refractivity (Wildman–Crippen MR) is 92.2 cm³/mol. The highest BCUT2D eigenvalue weighted by Gasteiger charge is 2.33. The lowest BCUT2D eigenvalue weighted by Gasteiger charge is -2.41. The summed E-state index contributed by atoms with van der Waals surface area (Å²) < 4.78 is 13.1. The molecule has 0 unspecified atom stereocenters. The fourth-order valence-corrected chi connectivity index (χ4v) is 3.78. The van der Waals surface area contributed by atoms with Crippen molar-refractivity contribution in [3.63, 3.8) is 0 Å². The number of benzene rings is 2. The third-order valence-electron chi connectivity index (χ3n) is 5.10. The zero-order valence-electron chi connectivity index (χ0n) is 13.7. The van der Waals surface area contributed by atoms with Crippen LogP contribution in [0.5, 0.6) is 0 Å². The zero-order chi connectivity index (χ0) is 16.9. The van der Waals surface area contributed by atoms with Gasteiger partial charge in [0.15, 0.2) is 0 Å². The van der Waals surface area contributed by atoms with Gasteiger partial charge in [-0.15, -0.1) is 0 Å². The third kappa shape index (κ3) is 3.66. The molecule has 2 aromatic rings. The number of likely N-dealkylation sites (tertiary alicyclic amines) is 1. The summed E-state index contributed by atoms with van der Waals surface area (Å²) in [6.07, 6.45) is 0.889. The molecule has 3 nitrogen and oxygen atoms in total. The largest absolute Gasteiger partial charge is 0.396 e. The van der Waals surface area contributed by atoms with Crippen molar-refractivity contribution < 1.29 is 14.6 Å². The van der Waals surface area contributed by atoms with Crippen LogP contribution in [0.3, 0.4) is 0 Å². The molecule has 0 amide bonds. The van der Waals surface area contributed by atoms with E-state index in [9.17, 15) is 14.6 Å². The Hall–Kier alpha value is -1.75. The summed E-state index contributed by atoms with van der Waals surface area (Å²) in [5.74, 6) is 0.0742. The number of halogens is 1. The molecule has 1 aliphatic rings. The molecule has 2 N–H and O–H groups in total. The van der Waals surface area contributed by atoms with Crippen molar-refractivity contribution in [1.29, 1.82) is 0 Å². The molecule has 1 aliphatic heterocycles. The van der Waals surface area contributed by atoms with Gasteiger partial charge in [0, 0.05) is 19.1 Å². The molecule has 0 spiro atoms. The molecule has 0 bridgehead atoms. The van der Waals surface area contributed by atoms with Crippen LogP contribution >= 0.6 is 0 Å². The highest BCUT2D eigenvalue weighted by atomic mass is 19.1. The molecule has 2 aromatic carbocycles. The highest BCUT2D eigenvalue weighted by molar-refractivity contribution is 5.23. The van der Waals surface area contributed by atoms with Gasteiger partial charge in [0.2, 0.25) is 0 Å². The normalized spacial score (nSPS) is 23.1. The second-order valence-electron chi connectivity index (χ2n) is 6.49. The fourth-order valence-electron chi connectivity index (χ4n) is 3.78. The van der Waals surface area contributed by atoms with Crippen LogP contribution in [0.25, 0.3) is 0 Å². The van der Waals surface area contributed by atoms with E-state index in [-0.39, 0.29) is 36.9 Å². The van der Waals surface area contributed by atoms with E-state index in [1.165, 1.54) is 12.1 Å². The van der Waals surface area contributed by atoms with Crippen molar-refractivity contribution in [1.82, 2.24) is 4.90 Å². The Kier molecular flexibility index (Phi) is 5.61. The Bertz CT molecular complexity index is 632. The van der Waals surface area contributed by atoms with Crippen LogP contribution < -0.4 is 0 Å². The molecule has 3 atom stereocenters. The number of piperidine rings is 1. The number of aliphatic hydroxyl groups is 2. The van der Waals surface area contributed by atoms with Gasteiger partial charge in [-0.25, -0.2) is 4.39 Å². The number of rotatable bonds is 5. The molecule has 1 saturated heterocycles. The number of nitrogens with zero attached hydrogens (tertiary/aromatic N) is 1. The van der Waals surface area contributed by atoms with Gasteiger partial charge in [-0.1, -0.05) is 42.5 Å². The molecule has 0 aliphatic carbocycles. The lowest BCUT2D eigenvalue weighted by molar-refractivity contribution is 0.0476. The third-order valence-corrected chi connectivity index (χ3v) is 5.10. The molecule has 3 rings (SSSR count). The lowest BCUT2D eigenvalue weighted by Crippen LogP contribution is -2.43. The first-order valence-corrected chi connectivity index (χ1v) is 8.49. The van der Waals surface area contributed by atoms with Crippen LogP contribution in [0, 0.1) is 11.7 Å². The summed E-state index contributed by atoms with van der Waals surface area (Å²) in [5, 5.41) is 19.7. The molecule has 1 fully saturated rings. The zero-order valence-corrected chi connectivity index (χ0v) is 13.7. The van der Waals surface area contributed by atoms with Crippen molar-refractivity contribution in [2.24, 2.45) is 5.92 Å². The van der Waals surface area contributed by atoms with Crippen molar-refractivity contribution in [2.45, 2.75) is 18.4 Å². The summed E-state index contributed by atoms with van der Waals surface area (Å²) in [5.41, 5.74) is 2.17. The average Bonchev–Trinajstić information content (AvgIpc) is 2.64. The van der Waals surface area contributed by atoms with E-state index < -0.39 is 0 Å². The SMILES string of the molecule is OC[C@@H]1CN([C@@H](CO)c2ccccc2)CC[C@H]1c1ccc(F)cc1. The minimum absolute atomic E-state index is 0.0468. The summed E-state index contributed by atoms with van der Waals surface area (Å²) in [4.78, 5) is 2.25. The monoisotopic (exact) mass is 329 g/mol. The minimum Gasteiger partial charge on any atom is -0.396 e. The predicted octanol–water partition coefficient (Wildman–Crippen LogP) is 2.96. The van der Waals surface area contributed by atoms with E-state index in [4.69, 9.17) is 0 Å². The summed E-state index contributed by atoms with van der Waals surface area (Å²) in [6.45, 7) is 1.71. The maximum atomic E-state index is 13.1. The minimum atomic E-state index is -0.235. The molecule has 1 heterocycles. The van der Waals surface area contributed by atoms with Gasteiger partial charge in [-0.05, 0) is 42.1 Å². The average molecular weight is 329 g/mol. The van der Waals surface area contributed by atoms with Gasteiger partial charge in [-0.2, -0.15) is 0 Å². The smallest absolute Gasteiger partial charge is 0.123 e. The van der Waals surface area contributed by atoms with Gasteiger partial charge in [0.25, 0.3) is 0 Å². The van der Waals surface area contributed by atoms with E-state index in [0.717, 1.165) is 30.6 Å². The first-order valence-electron chi connectivity index (χ1n) is 8.49. The fraction of sp³-hybridized carbons (Fsp3) is 0.400. The van der Waals surface area contributed by atoms with Crippen molar-refractivity contribution in [3.05, 3.63) is 71.5 Å². The lowest BCUT2D eigenvalue weighted by atomic mass is 9.80. The van der Waals surface area contributed by atoms with E-state index in [2.05, 4.69) is 4.90 Å². The molecule has 4 heteroatoms. The Morgan fingerprint density at radius 1 is 1.04 bits per heavy atom. The van der Waals surface area contributed by atoms with E-state index in [1.54, 1.807) is 0 Å². The van der Waals surface area contributed by atoms with Crippen LogP contribution in [0.1, 0.15) is 29.5 Å². The second kappa shape index (κ2) is 7.88. The van der Waals surface area contributed by atoms with Crippen LogP contribution in [0.4, 0.5) is 4.39 Å². The number of aliphatic hydroxyl groups excluding tert-OH is 2. The van der Waals surface area contributed by atoms with Crippen LogP contribution in [-0.2, 0) is 0 Å². The Morgan fingerprint density at radius 2 is 1.75 bits per heavy atom. The van der Waals surface area contributed by atoms with Gasteiger partial charge in [0.05, 0.1) is 12.6 Å². The molecule has 0 radical (unpaired) electrons. The topological polar surface area (TPSA) is 43.7 Å². The number of hydrogen-bond acceptors (Lipinski definition) is 3. The highest BCUT2D eigenvalue weighted by Crippen LogP contribution is 2.36. The first kappa shape index (κ1) is 17.1. The molecular weight excluding hydrogens is 305 g/mol. The molecular formula is C20H24FNO2. The van der Waals surface area contributed by atoms with Gasteiger partial charge >= 0.3 is 0 Å². The van der Waals surface area contributed by atoms with E-state index >= 15 is 0 Å². The van der Waals surface area contributed by atoms with Crippen molar-refractivity contribution in [2.75, 3.05) is 26.3 Å². The van der Waals surface area contributed by atoms with Gasteiger partial charge < -0.3 is 10.2 Å². The first-order chi connectivity index (χ1) is 11.7. The Labute approximate surface area is 142 Å². The van der Waals surface area contributed by atoms with Crippen molar-refractivity contribution >= 4 is 0 Å². The number of hydrogen-bond donors (Lipinski definition) is 2. The van der Waals surface area contributed by atoms with Crippen molar-refractivity contribution in [3.8, 4) is 0 Å². The standard InChI is InChI=1S/C20H24FNO2/c21-18-8-6-15(7-9-18)19-10-11-22(12-17(19)13-23)20(14-24)16-4-2-1-3-5-16/h1-9,17,19-20,23-24H,10-14H2/t17-,19-,20-/m0/s1. The van der Waals surface area contributed by atoms with Gasteiger partial charge in [0.1, 0.15) is 5.82 Å². The maximum absolute atomic E-state index is 13.1. The van der Waals surface area contributed by atoms with Crippen LogP contribution in [-0.4, -0.2) is 41.4 Å². The Balaban J connectivity index is 1.75. The quantitative estimate of drug-likeness (QED) is 0.886. The molecule has 0 aromatic heterocycles. The molecule has 24 heavy (non-hydrogen) atoms. The molecule has 128 valence electrons.